The second-order valence-electron chi connectivity index (χ2n) is 7.21. The largest absolute Gasteiger partial charge is 0.381 e. The third-order valence-corrected chi connectivity index (χ3v) is 5.17. The quantitative estimate of drug-likeness (QED) is 0.284. The van der Waals surface area contributed by atoms with Crippen molar-refractivity contribution in [2.45, 2.75) is 19.1 Å². The van der Waals surface area contributed by atoms with Gasteiger partial charge in [0.1, 0.15) is 17.7 Å². The van der Waals surface area contributed by atoms with Crippen molar-refractivity contribution in [2.75, 3.05) is 0 Å². The predicted octanol–water partition coefficient (Wildman–Crippen LogP) is 2.64. The Labute approximate surface area is 182 Å². The third kappa shape index (κ3) is 3.86. The van der Waals surface area contributed by atoms with Crippen molar-refractivity contribution in [3.05, 3.63) is 95.8 Å². The lowest BCUT2D eigenvalue weighted by molar-refractivity contribution is 0.0273. The summed E-state index contributed by atoms with van der Waals surface area (Å²) in [6.07, 6.45) is 1.10. The minimum Gasteiger partial charge on any atom is -0.381 e. The lowest BCUT2D eigenvalue weighted by Crippen LogP contribution is -2.49. The fourth-order valence-corrected chi connectivity index (χ4v) is 3.62. The number of nitrogens with zero attached hydrogens (tertiary/aromatic N) is 4. The standard InChI is InChI=1S/C23H20FN5O3/c1-14-27-18-4-2-3-5-19(18)28(14)23(32)21(30)20(15-6-8-17(24)9-7-15)29(25)22(31)16-10-12-26-13-11-16/h2-13,20-21,30H,25H2,1H3. The number of hydrogen-bond acceptors (Lipinski definition) is 6. The molecule has 162 valence electrons. The highest BCUT2D eigenvalue weighted by atomic mass is 19.1. The van der Waals surface area contributed by atoms with E-state index in [4.69, 9.17) is 5.84 Å². The van der Waals surface area contributed by atoms with Gasteiger partial charge in [-0.1, -0.05) is 24.3 Å². The maximum absolute atomic E-state index is 13.5. The molecule has 8 nitrogen and oxygen atoms in total. The summed E-state index contributed by atoms with van der Waals surface area (Å²) in [6.45, 7) is 1.64. The van der Waals surface area contributed by atoms with E-state index in [1.54, 1.807) is 31.2 Å². The van der Waals surface area contributed by atoms with E-state index in [2.05, 4.69) is 9.97 Å². The van der Waals surface area contributed by atoms with Gasteiger partial charge in [0, 0.05) is 18.0 Å². The van der Waals surface area contributed by atoms with Crippen LogP contribution in [-0.4, -0.2) is 42.6 Å². The Balaban J connectivity index is 1.77. The summed E-state index contributed by atoms with van der Waals surface area (Å²) in [5.41, 5.74) is 1.61. The Morgan fingerprint density at radius 3 is 2.41 bits per heavy atom. The van der Waals surface area contributed by atoms with E-state index in [9.17, 15) is 19.1 Å². The molecule has 0 bridgehead atoms. The van der Waals surface area contributed by atoms with Crippen LogP contribution in [0.2, 0.25) is 0 Å². The van der Waals surface area contributed by atoms with Crippen molar-refractivity contribution in [3.8, 4) is 0 Å². The number of aryl methyl sites for hydroxylation is 1. The monoisotopic (exact) mass is 433 g/mol. The summed E-state index contributed by atoms with van der Waals surface area (Å²) >= 11 is 0. The van der Waals surface area contributed by atoms with Crippen LogP contribution in [0.1, 0.15) is 32.6 Å². The Hall–Kier alpha value is -3.95. The van der Waals surface area contributed by atoms with Gasteiger partial charge in [0.2, 0.25) is 0 Å². The number of aliphatic hydroxyl groups is 1. The van der Waals surface area contributed by atoms with Gasteiger partial charge in [0.05, 0.1) is 11.0 Å². The van der Waals surface area contributed by atoms with E-state index >= 15 is 0 Å². The highest BCUT2D eigenvalue weighted by Gasteiger charge is 2.36. The Kier molecular flexibility index (Phi) is 5.76. The first-order chi connectivity index (χ1) is 15.4. The van der Waals surface area contributed by atoms with Gasteiger partial charge >= 0.3 is 0 Å². The molecular formula is C23H20FN5O3. The first kappa shape index (κ1) is 21.3. The number of pyridine rings is 1. The zero-order valence-electron chi connectivity index (χ0n) is 17.1. The summed E-state index contributed by atoms with van der Waals surface area (Å²) in [5.74, 6) is 4.65. The highest BCUT2D eigenvalue weighted by molar-refractivity contribution is 5.96. The maximum Gasteiger partial charge on any atom is 0.268 e. The fraction of sp³-hybridized carbons (Fsp3) is 0.130. The molecule has 2 aromatic heterocycles. The number of aromatic nitrogens is 3. The second kappa shape index (κ2) is 8.66. The van der Waals surface area contributed by atoms with Crippen LogP contribution in [0, 0.1) is 12.7 Å². The van der Waals surface area contributed by atoms with E-state index in [1.807, 2.05) is 0 Å². The summed E-state index contributed by atoms with van der Waals surface area (Å²) in [5, 5.41) is 11.9. The van der Waals surface area contributed by atoms with Crippen molar-refractivity contribution in [3.63, 3.8) is 0 Å². The van der Waals surface area contributed by atoms with E-state index in [0.717, 1.165) is 5.01 Å². The number of halogens is 1. The van der Waals surface area contributed by atoms with E-state index in [1.165, 1.54) is 53.4 Å². The molecule has 3 N–H and O–H groups in total. The number of carbonyl (C=O) groups excluding carboxylic acids is 2. The van der Waals surface area contributed by atoms with Crippen molar-refractivity contribution >= 4 is 22.8 Å². The van der Waals surface area contributed by atoms with Crippen molar-refractivity contribution in [1.29, 1.82) is 0 Å². The average molecular weight is 433 g/mol. The smallest absolute Gasteiger partial charge is 0.268 e. The lowest BCUT2D eigenvalue weighted by atomic mass is 9.99. The lowest BCUT2D eigenvalue weighted by Gasteiger charge is -2.31. The summed E-state index contributed by atoms with van der Waals surface area (Å²) < 4.78 is 14.8. The Bertz CT molecular complexity index is 1270. The number of hydrogen-bond donors (Lipinski definition) is 2. The van der Waals surface area contributed by atoms with Crippen LogP contribution in [0.5, 0.6) is 0 Å². The zero-order valence-corrected chi connectivity index (χ0v) is 17.1. The number of hydrazine groups is 1. The molecule has 2 atom stereocenters. The van der Waals surface area contributed by atoms with Gasteiger partial charge in [-0.05, 0) is 48.9 Å². The van der Waals surface area contributed by atoms with Crippen LogP contribution >= 0.6 is 0 Å². The molecule has 2 unspecified atom stereocenters. The molecule has 0 saturated heterocycles. The number of imidazole rings is 1. The van der Waals surface area contributed by atoms with Gasteiger partial charge in [-0.25, -0.2) is 15.2 Å². The van der Waals surface area contributed by atoms with Crippen LogP contribution in [-0.2, 0) is 0 Å². The number of benzene rings is 2. The number of aliphatic hydroxyl groups excluding tert-OH is 1. The van der Waals surface area contributed by atoms with Gasteiger partial charge < -0.3 is 5.11 Å². The molecule has 0 fully saturated rings. The molecule has 1 amide bonds. The number of amides is 1. The molecule has 2 aromatic carbocycles. The number of rotatable bonds is 5. The number of fused-ring (bicyclic) bond motifs is 1. The van der Waals surface area contributed by atoms with Crippen molar-refractivity contribution < 1.29 is 19.1 Å². The van der Waals surface area contributed by atoms with Gasteiger partial charge in [-0.2, -0.15) is 0 Å². The molecule has 4 aromatic rings. The predicted molar refractivity (Wildman–Crippen MR) is 115 cm³/mol. The Morgan fingerprint density at radius 2 is 1.72 bits per heavy atom. The molecule has 0 aliphatic carbocycles. The molecule has 4 rings (SSSR count). The molecule has 0 spiro atoms. The number of carbonyl (C=O) groups is 2. The van der Waals surface area contributed by atoms with E-state index in [-0.39, 0.29) is 5.56 Å². The summed E-state index contributed by atoms with van der Waals surface area (Å²) in [7, 11) is 0. The summed E-state index contributed by atoms with van der Waals surface area (Å²) in [6, 6.07) is 13.7. The van der Waals surface area contributed by atoms with E-state index < -0.39 is 29.8 Å². The topological polar surface area (TPSA) is 114 Å². The van der Waals surface area contributed by atoms with Crippen LogP contribution in [0.25, 0.3) is 11.0 Å². The van der Waals surface area contributed by atoms with Gasteiger partial charge in [-0.15, -0.1) is 0 Å². The highest BCUT2D eigenvalue weighted by Crippen LogP contribution is 2.27. The maximum atomic E-state index is 13.5. The molecule has 2 heterocycles. The molecule has 32 heavy (non-hydrogen) atoms. The minimum absolute atomic E-state index is 0.221. The Morgan fingerprint density at radius 1 is 1.06 bits per heavy atom. The van der Waals surface area contributed by atoms with Crippen LogP contribution in [0.4, 0.5) is 4.39 Å². The first-order valence-corrected chi connectivity index (χ1v) is 9.78. The molecule has 0 aliphatic heterocycles. The van der Waals surface area contributed by atoms with Crippen LogP contribution in [0.15, 0.2) is 73.1 Å². The molecule has 0 radical (unpaired) electrons. The minimum atomic E-state index is -1.76. The molecular weight excluding hydrogens is 413 g/mol. The molecule has 9 heteroatoms. The van der Waals surface area contributed by atoms with Gasteiger partial charge in [-0.3, -0.25) is 24.1 Å². The molecule has 0 aliphatic rings. The normalized spacial score (nSPS) is 13.0. The third-order valence-electron chi connectivity index (χ3n) is 5.17. The van der Waals surface area contributed by atoms with E-state index in [0.29, 0.717) is 22.4 Å². The summed E-state index contributed by atoms with van der Waals surface area (Å²) in [4.78, 5) is 34.6. The number of nitrogens with two attached hydrogens (primary N) is 1. The molecule has 0 saturated carbocycles. The SMILES string of the molecule is Cc1nc2ccccc2n1C(=O)C(O)C(c1ccc(F)cc1)N(N)C(=O)c1ccncc1. The van der Waals surface area contributed by atoms with Gasteiger partial charge in [0.25, 0.3) is 11.8 Å². The van der Waals surface area contributed by atoms with Crippen LogP contribution in [0.3, 0.4) is 0 Å². The fourth-order valence-electron chi connectivity index (χ4n) is 3.62. The van der Waals surface area contributed by atoms with Crippen molar-refractivity contribution in [2.24, 2.45) is 5.84 Å². The second-order valence-corrected chi connectivity index (χ2v) is 7.21. The van der Waals surface area contributed by atoms with Crippen molar-refractivity contribution in [1.82, 2.24) is 19.5 Å². The zero-order chi connectivity index (χ0) is 22.8. The van der Waals surface area contributed by atoms with Crippen LogP contribution < -0.4 is 5.84 Å². The first-order valence-electron chi connectivity index (χ1n) is 9.78. The average Bonchev–Trinajstić information content (AvgIpc) is 3.15. The number of para-hydroxylation sites is 2. The van der Waals surface area contributed by atoms with Gasteiger partial charge in [0.15, 0.2) is 6.10 Å².